The standard InChI is InChI=1S/C26H34N4O4/c1-26(2,3)34-24(31)29-16-14-28(15-17-29)23-12-11-21(18-27-23)22-10-7-13-30(22)25(32)33-19-20-8-5-4-6-9-20/h4-6,8-9,11-12,18,22H,7,10,13-17,19H2,1-3H3/t22-/m0/s1. The Morgan fingerprint density at radius 3 is 2.35 bits per heavy atom. The lowest BCUT2D eigenvalue weighted by atomic mass is 10.1. The van der Waals surface area contributed by atoms with Crippen molar-refractivity contribution in [1.29, 1.82) is 0 Å². The van der Waals surface area contributed by atoms with Gasteiger partial charge in [0.15, 0.2) is 0 Å². The lowest BCUT2D eigenvalue weighted by Gasteiger charge is -2.36. The van der Waals surface area contributed by atoms with Gasteiger partial charge in [-0.25, -0.2) is 14.6 Å². The van der Waals surface area contributed by atoms with Gasteiger partial charge in [0.1, 0.15) is 18.0 Å². The molecule has 1 atom stereocenters. The molecular formula is C26H34N4O4. The van der Waals surface area contributed by atoms with E-state index >= 15 is 0 Å². The normalized spacial score (nSPS) is 18.7. The number of piperazine rings is 1. The van der Waals surface area contributed by atoms with Crippen molar-refractivity contribution in [3.05, 3.63) is 59.8 Å². The van der Waals surface area contributed by atoms with Crippen LogP contribution in [0.15, 0.2) is 48.7 Å². The predicted molar refractivity (Wildman–Crippen MR) is 130 cm³/mol. The van der Waals surface area contributed by atoms with Gasteiger partial charge in [0.2, 0.25) is 0 Å². The largest absolute Gasteiger partial charge is 0.445 e. The summed E-state index contributed by atoms with van der Waals surface area (Å²) in [6, 6.07) is 13.8. The van der Waals surface area contributed by atoms with Crippen LogP contribution in [0.25, 0.3) is 0 Å². The maximum absolute atomic E-state index is 12.7. The van der Waals surface area contributed by atoms with Crippen LogP contribution < -0.4 is 4.90 Å². The molecule has 0 radical (unpaired) electrons. The van der Waals surface area contributed by atoms with Crippen LogP contribution in [0.4, 0.5) is 15.4 Å². The highest BCUT2D eigenvalue weighted by atomic mass is 16.6. The molecule has 2 amide bonds. The fraction of sp³-hybridized carbons (Fsp3) is 0.500. The zero-order valence-corrected chi connectivity index (χ0v) is 20.3. The molecule has 34 heavy (non-hydrogen) atoms. The molecule has 0 saturated carbocycles. The number of hydrogen-bond acceptors (Lipinski definition) is 6. The Morgan fingerprint density at radius 1 is 0.971 bits per heavy atom. The zero-order chi connectivity index (χ0) is 24.1. The summed E-state index contributed by atoms with van der Waals surface area (Å²) in [5.74, 6) is 0.879. The highest BCUT2D eigenvalue weighted by molar-refractivity contribution is 5.69. The molecule has 2 aliphatic rings. The van der Waals surface area contributed by atoms with Crippen molar-refractivity contribution in [2.75, 3.05) is 37.6 Å². The Morgan fingerprint density at radius 2 is 1.71 bits per heavy atom. The van der Waals surface area contributed by atoms with Gasteiger partial charge in [-0.3, -0.25) is 0 Å². The first-order valence-electron chi connectivity index (χ1n) is 12.0. The van der Waals surface area contributed by atoms with E-state index in [1.807, 2.05) is 63.4 Å². The molecule has 1 aromatic heterocycles. The van der Waals surface area contributed by atoms with Crippen molar-refractivity contribution < 1.29 is 19.1 Å². The second-order valence-corrected chi connectivity index (χ2v) is 9.80. The molecule has 0 bridgehead atoms. The van der Waals surface area contributed by atoms with E-state index in [2.05, 4.69) is 16.0 Å². The van der Waals surface area contributed by atoms with E-state index in [4.69, 9.17) is 9.47 Å². The number of benzene rings is 1. The number of nitrogens with zero attached hydrogens (tertiary/aromatic N) is 4. The second-order valence-electron chi connectivity index (χ2n) is 9.80. The molecule has 8 heteroatoms. The minimum absolute atomic E-state index is 0.0196. The zero-order valence-electron chi connectivity index (χ0n) is 20.3. The van der Waals surface area contributed by atoms with Gasteiger partial charge < -0.3 is 24.2 Å². The van der Waals surface area contributed by atoms with Crippen LogP contribution in [0.5, 0.6) is 0 Å². The smallest absolute Gasteiger partial charge is 0.410 e. The maximum Gasteiger partial charge on any atom is 0.410 e. The second kappa shape index (κ2) is 10.3. The average molecular weight is 467 g/mol. The van der Waals surface area contributed by atoms with E-state index in [0.29, 0.717) is 32.7 Å². The van der Waals surface area contributed by atoms with Crippen LogP contribution in [0.2, 0.25) is 0 Å². The molecule has 4 rings (SSSR count). The molecule has 8 nitrogen and oxygen atoms in total. The first-order valence-corrected chi connectivity index (χ1v) is 12.0. The van der Waals surface area contributed by atoms with Gasteiger partial charge in [-0.1, -0.05) is 36.4 Å². The van der Waals surface area contributed by atoms with E-state index in [9.17, 15) is 9.59 Å². The monoisotopic (exact) mass is 466 g/mol. The summed E-state index contributed by atoms with van der Waals surface area (Å²) in [5, 5.41) is 0. The van der Waals surface area contributed by atoms with Crippen LogP contribution in [0, 0.1) is 0 Å². The molecule has 0 unspecified atom stereocenters. The predicted octanol–water partition coefficient (Wildman–Crippen LogP) is 4.61. The minimum Gasteiger partial charge on any atom is -0.445 e. The summed E-state index contributed by atoms with van der Waals surface area (Å²) in [4.78, 5) is 35.4. The number of carbonyl (C=O) groups excluding carboxylic acids is 2. The van der Waals surface area contributed by atoms with Gasteiger partial charge in [-0.15, -0.1) is 0 Å². The summed E-state index contributed by atoms with van der Waals surface area (Å²) in [7, 11) is 0. The van der Waals surface area contributed by atoms with E-state index in [1.54, 1.807) is 9.80 Å². The van der Waals surface area contributed by atoms with Crippen molar-refractivity contribution in [1.82, 2.24) is 14.8 Å². The summed E-state index contributed by atoms with van der Waals surface area (Å²) in [6.07, 6.45) is 3.16. The van der Waals surface area contributed by atoms with Crippen molar-refractivity contribution in [2.45, 2.75) is 51.9 Å². The first kappa shape index (κ1) is 23.9. The van der Waals surface area contributed by atoms with E-state index < -0.39 is 5.60 Å². The Labute approximate surface area is 201 Å². The molecule has 182 valence electrons. The Bertz CT molecular complexity index is 967. The highest BCUT2D eigenvalue weighted by Gasteiger charge is 2.32. The lowest BCUT2D eigenvalue weighted by molar-refractivity contribution is 0.0240. The molecule has 0 N–H and O–H groups in total. The van der Waals surface area contributed by atoms with Gasteiger partial charge >= 0.3 is 12.2 Å². The lowest BCUT2D eigenvalue weighted by Crippen LogP contribution is -2.50. The van der Waals surface area contributed by atoms with Crippen molar-refractivity contribution in [3.63, 3.8) is 0 Å². The van der Waals surface area contributed by atoms with Gasteiger partial charge in [0.05, 0.1) is 6.04 Å². The fourth-order valence-corrected chi connectivity index (χ4v) is 4.36. The molecular weight excluding hydrogens is 432 g/mol. The van der Waals surface area contributed by atoms with Crippen LogP contribution in [0.3, 0.4) is 0 Å². The number of anilines is 1. The quantitative estimate of drug-likeness (QED) is 0.655. The van der Waals surface area contributed by atoms with E-state index in [1.165, 1.54) is 0 Å². The van der Waals surface area contributed by atoms with E-state index in [-0.39, 0.29) is 24.8 Å². The molecule has 2 aliphatic heterocycles. The Balaban J connectivity index is 1.31. The number of pyridine rings is 1. The number of amides is 2. The van der Waals surface area contributed by atoms with Gasteiger partial charge in [-0.2, -0.15) is 0 Å². The number of rotatable bonds is 4. The van der Waals surface area contributed by atoms with Crippen LogP contribution >= 0.6 is 0 Å². The number of hydrogen-bond donors (Lipinski definition) is 0. The Hall–Kier alpha value is -3.29. The van der Waals surface area contributed by atoms with Gasteiger partial charge in [0, 0.05) is 38.9 Å². The Kier molecular flexibility index (Phi) is 7.24. The van der Waals surface area contributed by atoms with Gasteiger partial charge in [0.25, 0.3) is 0 Å². The number of carbonyl (C=O) groups is 2. The highest BCUT2D eigenvalue weighted by Crippen LogP contribution is 2.33. The van der Waals surface area contributed by atoms with E-state index in [0.717, 1.165) is 29.8 Å². The minimum atomic E-state index is -0.492. The third kappa shape index (κ3) is 5.98. The molecule has 0 aliphatic carbocycles. The average Bonchev–Trinajstić information content (AvgIpc) is 3.32. The molecule has 2 fully saturated rings. The summed E-state index contributed by atoms with van der Waals surface area (Å²) < 4.78 is 11.0. The van der Waals surface area contributed by atoms with Crippen molar-refractivity contribution >= 4 is 18.0 Å². The molecule has 2 saturated heterocycles. The van der Waals surface area contributed by atoms with Crippen LogP contribution in [0.1, 0.15) is 50.8 Å². The summed E-state index contributed by atoms with van der Waals surface area (Å²) in [6.45, 7) is 9.19. The van der Waals surface area contributed by atoms with Crippen molar-refractivity contribution in [2.24, 2.45) is 0 Å². The first-order chi connectivity index (χ1) is 16.3. The summed E-state index contributed by atoms with van der Waals surface area (Å²) in [5.41, 5.74) is 1.50. The molecule has 2 aromatic rings. The third-order valence-electron chi connectivity index (χ3n) is 6.10. The number of ether oxygens (including phenoxy) is 2. The van der Waals surface area contributed by atoms with Crippen LogP contribution in [-0.4, -0.2) is 65.3 Å². The third-order valence-corrected chi connectivity index (χ3v) is 6.10. The topological polar surface area (TPSA) is 75.2 Å². The fourth-order valence-electron chi connectivity index (χ4n) is 4.36. The number of likely N-dealkylation sites (tertiary alicyclic amines) is 1. The van der Waals surface area contributed by atoms with Crippen molar-refractivity contribution in [3.8, 4) is 0 Å². The summed E-state index contributed by atoms with van der Waals surface area (Å²) >= 11 is 0. The number of aromatic nitrogens is 1. The van der Waals surface area contributed by atoms with Gasteiger partial charge in [-0.05, 0) is 50.8 Å². The molecule has 1 aromatic carbocycles. The molecule has 0 spiro atoms. The molecule has 3 heterocycles. The van der Waals surface area contributed by atoms with Crippen LogP contribution in [-0.2, 0) is 16.1 Å². The SMILES string of the molecule is CC(C)(C)OC(=O)N1CCN(c2ccc([C@@H]3CCCN3C(=O)OCc3ccccc3)cn2)CC1. The maximum atomic E-state index is 12.7.